The molecule has 3 rings (SSSR count). The predicted molar refractivity (Wildman–Crippen MR) is 50.9 cm³/mol. The van der Waals surface area contributed by atoms with E-state index in [0.29, 0.717) is 5.78 Å². The first kappa shape index (κ1) is 8.52. The van der Waals surface area contributed by atoms with Gasteiger partial charge < -0.3 is 16.9 Å². The van der Waals surface area contributed by atoms with Gasteiger partial charge in [0.25, 0.3) is 17.7 Å². The lowest BCUT2D eigenvalue weighted by molar-refractivity contribution is -0.472. The van der Waals surface area contributed by atoms with E-state index in [2.05, 4.69) is 29.9 Å². The lowest BCUT2D eigenvalue weighted by Crippen LogP contribution is -2.52. The summed E-state index contributed by atoms with van der Waals surface area (Å²) in [6, 6.07) is 0. The first-order valence-electron chi connectivity index (χ1n) is 4.33. The third kappa shape index (κ3) is 1.06. The van der Waals surface area contributed by atoms with Crippen LogP contribution in [0.2, 0.25) is 0 Å². The van der Waals surface area contributed by atoms with Crippen molar-refractivity contribution < 1.29 is 9.81 Å². The Bertz CT molecular complexity index is 693. The Kier molecular flexibility index (Phi) is 1.40. The van der Waals surface area contributed by atoms with E-state index in [1.807, 2.05) is 0 Å². The van der Waals surface area contributed by atoms with Crippen LogP contribution in [-0.2, 0) is 0 Å². The van der Waals surface area contributed by atoms with Crippen LogP contribution in [0.25, 0.3) is 17.3 Å². The van der Waals surface area contributed by atoms with Gasteiger partial charge in [-0.05, 0) is 0 Å². The summed E-state index contributed by atoms with van der Waals surface area (Å²) in [5.41, 5.74) is 11.2. The van der Waals surface area contributed by atoms with Crippen LogP contribution in [0.1, 0.15) is 0 Å². The number of nitrogen functional groups attached to an aromatic ring is 2. The molecule has 0 atom stereocenters. The molecule has 0 aromatic carbocycles. The highest BCUT2D eigenvalue weighted by molar-refractivity contribution is 5.40. The molecule has 0 amide bonds. The van der Waals surface area contributed by atoms with E-state index in [9.17, 15) is 0 Å². The van der Waals surface area contributed by atoms with Crippen LogP contribution in [-0.4, -0.2) is 29.9 Å². The predicted octanol–water partition coefficient (Wildman–Crippen LogP) is -4.36. The van der Waals surface area contributed by atoms with Crippen LogP contribution in [0.5, 0.6) is 0 Å². The number of nitrogens with zero attached hydrogens (tertiary/aromatic N) is 5. The van der Waals surface area contributed by atoms with E-state index >= 15 is 0 Å². The average Bonchev–Trinajstić information content (AvgIpc) is 2.14. The Morgan fingerprint density at radius 3 is 1.94 bits per heavy atom. The molecule has 0 bridgehead atoms. The molecule has 0 spiro atoms. The summed E-state index contributed by atoms with van der Waals surface area (Å²) in [5.74, 6) is 1.42. The highest BCUT2D eigenvalue weighted by Gasteiger charge is 2.15. The zero-order valence-electron chi connectivity index (χ0n) is 7.97. The second kappa shape index (κ2) is 2.62. The van der Waals surface area contributed by atoms with Gasteiger partial charge in [0, 0.05) is 0 Å². The maximum absolute atomic E-state index is 5.57. The summed E-state index contributed by atoms with van der Waals surface area (Å²) < 4.78 is 1.52. The number of rotatable bonds is 0. The molecular weight excluding hydrogens is 212 g/mol. The van der Waals surface area contributed by atoms with Crippen molar-refractivity contribution in [3.63, 3.8) is 0 Å². The highest BCUT2D eigenvalue weighted by atomic mass is 15.3. The SMILES string of the molecule is Nc1nc2nc(=[NH2+])nc3nc(N)[nH]c([nH]1)[n+]23. The Morgan fingerprint density at radius 2 is 1.44 bits per heavy atom. The van der Waals surface area contributed by atoms with Crippen molar-refractivity contribution in [3.8, 4) is 0 Å². The molecule has 16 heavy (non-hydrogen) atoms. The van der Waals surface area contributed by atoms with Crippen LogP contribution in [0, 0.1) is 0 Å². The fourth-order valence-electron chi connectivity index (χ4n) is 1.43. The van der Waals surface area contributed by atoms with Crippen molar-refractivity contribution in [2.75, 3.05) is 11.5 Å². The maximum atomic E-state index is 5.57. The molecule has 10 heteroatoms. The summed E-state index contributed by atoms with van der Waals surface area (Å²) in [6.07, 6.45) is 0. The fraction of sp³-hybridized carbons (Fsp3) is 0. The average molecular weight is 220 g/mol. The second-order valence-corrected chi connectivity index (χ2v) is 3.11. The van der Waals surface area contributed by atoms with Gasteiger partial charge in [-0.15, -0.1) is 9.97 Å². The zero-order chi connectivity index (χ0) is 11.3. The van der Waals surface area contributed by atoms with Crippen molar-refractivity contribution in [2.24, 2.45) is 0 Å². The fourth-order valence-corrected chi connectivity index (χ4v) is 1.43. The molecule has 10 nitrogen and oxygen atoms in total. The quantitative estimate of drug-likeness (QED) is 0.240. The number of anilines is 2. The third-order valence-electron chi connectivity index (χ3n) is 1.99. The Morgan fingerprint density at radius 1 is 0.938 bits per heavy atom. The zero-order valence-corrected chi connectivity index (χ0v) is 7.97. The molecule has 0 aliphatic heterocycles. The lowest BCUT2D eigenvalue weighted by Gasteiger charge is -2.00. The van der Waals surface area contributed by atoms with Crippen LogP contribution in [0.4, 0.5) is 11.9 Å². The molecule has 0 saturated heterocycles. The van der Waals surface area contributed by atoms with Gasteiger partial charge in [0.05, 0.1) is 0 Å². The largest absolute Gasteiger partial charge is 0.358 e. The van der Waals surface area contributed by atoms with Crippen LogP contribution in [0.3, 0.4) is 0 Å². The topological polar surface area (TPSA) is 165 Å². The molecule has 3 aromatic rings. The number of aromatic amines is 2. The van der Waals surface area contributed by atoms with E-state index in [-0.39, 0.29) is 29.1 Å². The number of hydrogen-bond donors (Lipinski definition) is 5. The second-order valence-electron chi connectivity index (χ2n) is 3.11. The van der Waals surface area contributed by atoms with Crippen molar-refractivity contribution in [1.82, 2.24) is 29.9 Å². The number of nitrogens with one attached hydrogen (secondary N) is 2. The monoisotopic (exact) mass is 220 g/mol. The van der Waals surface area contributed by atoms with Crippen LogP contribution < -0.4 is 26.9 Å². The van der Waals surface area contributed by atoms with Crippen molar-refractivity contribution >= 4 is 29.2 Å². The molecular formula is C6H8N10+2. The van der Waals surface area contributed by atoms with Crippen LogP contribution in [0.15, 0.2) is 0 Å². The van der Waals surface area contributed by atoms with Crippen LogP contribution >= 0.6 is 0 Å². The summed E-state index contributed by atoms with van der Waals surface area (Å²) in [6.45, 7) is 0. The minimum Gasteiger partial charge on any atom is -0.358 e. The molecule has 0 radical (unpaired) electrons. The van der Waals surface area contributed by atoms with Crippen molar-refractivity contribution in [2.45, 2.75) is 0 Å². The summed E-state index contributed by atoms with van der Waals surface area (Å²) >= 11 is 0. The Hall–Kier alpha value is -2.78. The summed E-state index contributed by atoms with van der Waals surface area (Å²) in [5, 5.41) is 5.51. The van der Waals surface area contributed by atoms with E-state index < -0.39 is 0 Å². The van der Waals surface area contributed by atoms with E-state index in [4.69, 9.17) is 16.9 Å². The third-order valence-corrected chi connectivity index (χ3v) is 1.99. The number of hydrogen-bond acceptors (Lipinski definition) is 6. The Labute approximate surface area is 86.9 Å². The molecule has 0 unspecified atom stereocenters. The molecule has 0 aliphatic carbocycles. The van der Waals surface area contributed by atoms with E-state index in [0.717, 1.165) is 0 Å². The van der Waals surface area contributed by atoms with Gasteiger partial charge in [-0.25, -0.2) is 0 Å². The molecule has 3 heterocycles. The van der Waals surface area contributed by atoms with Crippen molar-refractivity contribution in [1.29, 1.82) is 0 Å². The Balaban J connectivity index is 2.69. The normalized spacial score (nSPS) is 11.2. The van der Waals surface area contributed by atoms with Gasteiger partial charge in [0.15, 0.2) is 0 Å². The van der Waals surface area contributed by atoms with Gasteiger partial charge in [-0.1, -0.05) is 9.97 Å². The minimum atomic E-state index is 0.0532. The van der Waals surface area contributed by atoms with E-state index in [1.165, 1.54) is 4.40 Å². The lowest BCUT2D eigenvalue weighted by atomic mass is 10.7. The first-order chi connectivity index (χ1) is 7.63. The maximum Gasteiger partial charge on any atom is 0.350 e. The molecule has 8 N–H and O–H groups in total. The smallest absolute Gasteiger partial charge is 0.350 e. The molecule has 80 valence electrons. The standard InChI is InChI=1S/C6H6N10/c7-1-10-4-12-2(8)14-6-15-3(9)13-5(11-1)16(4)6/h(H6,7,8,9,10,11,12,13,14,15)/p+2. The van der Waals surface area contributed by atoms with Gasteiger partial charge in [-0.2, -0.15) is 4.40 Å². The number of H-pyrrole nitrogens is 2. The minimum absolute atomic E-state index is 0.0532. The summed E-state index contributed by atoms with van der Waals surface area (Å²) in [4.78, 5) is 21.4. The van der Waals surface area contributed by atoms with Gasteiger partial charge in [0.1, 0.15) is 0 Å². The molecule has 0 saturated carbocycles. The van der Waals surface area contributed by atoms with Gasteiger partial charge in [-0.3, -0.25) is 9.97 Å². The molecule has 3 aromatic heterocycles. The number of nitrogens with two attached hydrogens (primary N) is 3. The van der Waals surface area contributed by atoms with Gasteiger partial charge in [0.2, 0.25) is 0 Å². The molecule has 0 fully saturated rings. The first-order valence-corrected chi connectivity index (χ1v) is 4.33. The molecule has 0 aliphatic rings. The van der Waals surface area contributed by atoms with Gasteiger partial charge >= 0.3 is 17.2 Å². The highest BCUT2D eigenvalue weighted by Crippen LogP contribution is 1.98. The summed E-state index contributed by atoms with van der Waals surface area (Å²) in [7, 11) is 0. The van der Waals surface area contributed by atoms with Crippen molar-refractivity contribution in [3.05, 3.63) is 5.62 Å². The van der Waals surface area contributed by atoms with E-state index in [1.54, 1.807) is 0 Å². The number of aromatic nitrogens is 7.